The zero-order valence-electron chi connectivity index (χ0n) is 14.5. The van der Waals surface area contributed by atoms with Crippen molar-refractivity contribution in [3.8, 4) is 0 Å². The van der Waals surface area contributed by atoms with Crippen molar-refractivity contribution in [2.24, 2.45) is 0 Å². The number of rotatable bonds is 7. The first kappa shape index (κ1) is 19.6. The Labute approximate surface area is 155 Å². The second-order valence-corrected chi connectivity index (χ2v) is 5.60. The molecule has 0 aliphatic carbocycles. The molecule has 138 valence electrons. The van der Waals surface area contributed by atoms with Crippen LogP contribution >= 0.6 is 0 Å². The van der Waals surface area contributed by atoms with Crippen molar-refractivity contribution in [2.45, 2.75) is 6.92 Å². The number of aliphatic carboxylic acids is 1. The third-order valence-electron chi connectivity index (χ3n) is 3.47. The van der Waals surface area contributed by atoms with Crippen LogP contribution in [0.1, 0.15) is 26.3 Å². The average molecular weight is 367 g/mol. The topological polar surface area (TPSA) is 110 Å². The van der Waals surface area contributed by atoms with E-state index in [2.05, 4.69) is 5.32 Å². The molecular formula is C20H17NO6. The third kappa shape index (κ3) is 6.24. The number of hydrogen-bond acceptors (Lipinski definition) is 5. The number of ketones is 1. The summed E-state index contributed by atoms with van der Waals surface area (Å²) in [4.78, 5) is 45.8. The molecule has 0 atom stereocenters. The molecule has 2 aromatic carbocycles. The van der Waals surface area contributed by atoms with Gasteiger partial charge in [-0.25, -0.2) is 9.59 Å². The molecule has 0 aliphatic heterocycles. The van der Waals surface area contributed by atoms with Gasteiger partial charge in [-0.2, -0.15) is 0 Å². The second-order valence-electron chi connectivity index (χ2n) is 5.60. The van der Waals surface area contributed by atoms with Gasteiger partial charge in [0.05, 0.1) is 5.56 Å². The van der Waals surface area contributed by atoms with Gasteiger partial charge in [-0.15, -0.1) is 0 Å². The van der Waals surface area contributed by atoms with Crippen LogP contribution in [0.25, 0.3) is 0 Å². The van der Waals surface area contributed by atoms with Crippen LogP contribution in [0.3, 0.4) is 0 Å². The Morgan fingerprint density at radius 3 is 2.11 bits per heavy atom. The van der Waals surface area contributed by atoms with Gasteiger partial charge >= 0.3 is 11.9 Å². The standard InChI is InChI=1S/C20H17NO6/c1-13-2-4-14(5-3-13)17(22)12-27-20(26)15-6-8-16(9-7-15)21-18(23)10-11-19(24)25/h2-11H,12H2,1H3,(H,21,23)(H,24,25). The van der Waals surface area contributed by atoms with Gasteiger partial charge in [0.1, 0.15) is 0 Å². The highest BCUT2D eigenvalue weighted by molar-refractivity contribution is 6.02. The van der Waals surface area contributed by atoms with Crippen molar-refractivity contribution in [2.75, 3.05) is 11.9 Å². The molecule has 7 heteroatoms. The Bertz CT molecular complexity index is 882. The Balaban J connectivity index is 1.89. The largest absolute Gasteiger partial charge is 0.478 e. The first-order chi connectivity index (χ1) is 12.8. The molecule has 0 bridgehead atoms. The number of carboxylic acids is 1. The summed E-state index contributed by atoms with van der Waals surface area (Å²) in [6.07, 6.45) is 1.59. The number of carboxylic acid groups (broad SMARTS) is 1. The van der Waals surface area contributed by atoms with Gasteiger partial charge in [0, 0.05) is 23.4 Å². The zero-order chi connectivity index (χ0) is 19.8. The van der Waals surface area contributed by atoms with Gasteiger partial charge in [-0.3, -0.25) is 9.59 Å². The molecule has 0 spiro atoms. The highest BCUT2D eigenvalue weighted by Crippen LogP contribution is 2.11. The molecule has 2 rings (SSSR count). The summed E-state index contributed by atoms with van der Waals surface area (Å²) in [5.41, 5.74) is 2.07. The number of benzene rings is 2. The maximum absolute atomic E-state index is 12.0. The minimum atomic E-state index is -1.23. The van der Waals surface area contributed by atoms with Crippen LogP contribution in [-0.2, 0) is 14.3 Å². The van der Waals surface area contributed by atoms with Gasteiger partial charge in [0.2, 0.25) is 5.91 Å². The SMILES string of the molecule is Cc1ccc(C(=O)COC(=O)c2ccc(NC(=O)C=CC(=O)O)cc2)cc1. The molecule has 7 nitrogen and oxygen atoms in total. The first-order valence-corrected chi connectivity index (χ1v) is 7.94. The molecule has 2 N–H and O–H groups in total. The van der Waals surface area contributed by atoms with E-state index in [4.69, 9.17) is 9.84 Å². The molecule has 0 aliphatic rings. The molecule has 0 saturated heterocycles. The molecule has 0 heterocycles. The van der Waals surface area contributed by atoms with Gasteiger partial charge < -0.3 is 15.2 Å². The van der Waals surface area contributed by atoms with E-state index < -0.39 is 17.8 Å². The lowest BCUT2D eigenvalue weighted by Crippen LogP contribution is -2.14. The van der Waals surface area contributed by atoms with Crippen LogP contribution in [-0.4, -0.2) is 35.3 Å². The van der Waals surface area contributed by atoms with Gasteiger partial charge in [0.15, 0.2) is 12.4 Å². The predicted molar refractivity (Wildman–Crippen MR) is 97.6 cm³/mol. The van der Waals surface area contributed by atoms with Gasteiger partial charge in [-0.05, 0) is 31.2 Å². The number of amides is 1. The van der Waals surface area contributed by atoms with Crippen molar-refractivity contribution >= 4 is 29.3 Å². The van der Waals surface area contributed by atoms with Crippen LogP contribution in [0, 0.1) is 6.92 Å². The number of carbonyl (C=O) groups excluding carboxylic acids is 3. The molecule has 0 radical (unpaired) electrons. The molecule has 1 amide bonds. The summed E-state index contributed by atoms with van der Waals surface area (Å²) in [7, 11) is 0. The Morgan fingerprint density at radius 1 is 0.926 bits per heavy atom. The molecule has 27 heavy (non-hydrogen) atoms. The van der Waals surface area contributed by atoms with E-state index in [9.17, 15) is 19.2 Å². The molecular weight excluding hydrogens is 350 g/mol. The summed E-state index contributed by atoms with van der Waals surface area (Å²) in [5.74, 6) is -2.82. The normalized spacial score (nSPS) is 10.4. The second kappa shape index (κ2) is 9.10. The summed E-state index contributed by atoms with van der Waals surface area (Å²) in [6.45, 7) is 1.53. The van der Waals surface area contributed by atoms with E-state index in [1.54, 1.807) is 24.3 Å². The highest BCUT2D eigenvalue weighted by Gasteiger charge is 2.12. The van der Waals surface area contributed by atoms with Crippen LogP contribution < -0.4 is 5.32 Å². The average Bonchev–Trinajstić information content (AvgIpc) is 2.65. The van der Waals surface area contributed by atoms with Crippen LogP contribution in [0.2, 0.25) is 0 Å². The van der Waals surface area contributed by atoms with Crippen molar-refractivity contribution in [1.29, 1.82) is 0 Å². The summed E-state index contributed by atoms with van der Waals surface area (Å²) >= 11 is 0. The highest BCUT2D eigenvalue weighted by atomic mass is 16.5. The predicted octanol–water partition coefficient (Wildman–Crippen LogP) is 2.61. The third-order valence-corrected chi connectivity index (χ3v) is 3.47. The van der Waals surface area contributed by atoms with E-state index in [0.717, 1.165) is 11.6 Å². The Hall–Kier alpha value is -3.74. The van der Waals surface area contributed by atoms with Crippen LogP contribution in [0.5, 0.6) is 0 Å². The minimum Gasteiger partial charge on any atom is -0.478 e. The van der Waals surface area contributed by atoms with E-state index in [1.165, 1.54) is 24.3 Å². The maximum atomic E-state index is 12.0. The molecule has 0 fully saturated rings. The summed E-state index contributed by atoms with van der Waals surface area (Å²) in [6, 6.07) is 12.7. The summed E-state index contributed by atoms with van der Waals surface area (Å²) in [5, 5.41) is 10.9. The van der Waals surface area contributed by atoms with Crippen molar-refractivity contribution in [3.63, 3.8) is 0 Å². The van der Waals surface area contributed by atoms with Crippen LogP contribution in [0.4, 0.5) is 5.69 Å². The fourth-order valence-corrected chi connectivity index (χ4v) is 2.06. The van der Waals surface area contributed by atoms with Crippen molar-refractivity contribution in [1.82, 2.24) is 0 Å². The molecule has 0 aromatic heterocycles. The number of nitrogens with one attached hydrogen (secondary N) is 1. The number of aryl methyl sites for hydroxylation is 1. The number of esters is 1. The zero-order valence-corrected chi connectivity index (χ0v) is 14.5. The number of carbonyl (C=O) groups is 4. The quantitative estimate of drug-likeness (QED) is 0.442. The van der Waals surface area contributed by atoms with Gasteiger partial charge in [-0.1, -0.05) is 29.8 Å². The van der Waals surface area contributed by atoms with Gasteiger partial charge in [0.25, 0.3) is 0 Å². The maximum Gasteiger partial charge on any atom is 0.338 e. The molecule has 0 saturated carbocycles. The number of anilines is 1. The number of hydrogen-bond donors (Lipinski definition) is 2. The Morgan fingerprint density at radius 2 is 1.52 bits per heavy atom. The summed E-state index contributed by atoms with van der Waals surface area (Å²) < 4.78 is 5.01. The number of ether oxygens (including phenoxy) is 1. The van der Waals surface area contributed by atoms with E-state index in [0.29, 0.717) is 17.3 Å². The first-order valence-electron chi connectivity index (χ1n) is 7.94. The molecule has 0 unspecified atom stereocenters. The van der Waals surface area contributed by atoms with E-state index in [1.807, 2.05) is 6.92 Å². The van der Waals surface area contributed by atoms with Crippen molar-refractivity contribution < 1.29 is 29.0 Å². The monoisotopic (exact) mass is 367 g/mol. The fourth-order valence-electron chi connectivity index (χ4n) is 2.06. The Kier molecular flexibility index (Phi) is 6.60. The van der Waals surface area contributed by atoms with E-state index in [-0.39, 0.29) is 18.0 Å². The smallest absolute Gasteiger partial charge is 0.338 e. The molecule has 2 aromatic rings. The fraction of sp³-hybridized carbons (Fsp3) is 0.100. The van der Waals surface area contributed by atoms with Crippen molar-refractivity contribution in [3.05, 3.63) is 77.4 Å². The number of Topliss-reactive ketones (excluding diaryl/α,β-unsaturated/α-hetero) is 1. The lowest BCUT2D eigenvalue weighted by atomic mass is 10.1. The lowest BCUT2D eigenvalue weighted by Gasteiger charge is -2.06. The van der Waals surface area contributed by atoms with Crippen LogP contribution in [0.15, 0.2) is 60.7 Å². The van der Waals surface area contributed by atoms with E-state index >= 15 is 0 Å². The lowest BCUT2D eigenvalue weighted by molar-refractivity contribution is -0.131. The minimum absolute atomic E-state index is 0.214.